The van der Waals surface area contributed by atoms with E-state index in [0.717, 1.165) is 26.9 Å². The van der Waals surface area contributed by atoms with E-state index in [1.165, 1.54) is 0 Å². The number of hydrogen-bond acceptors (Lipinski definition) is 5. The fraction of sp³-hybridized carbons (Fsp3) is 0.167. The van der Waals surface area contributed by atoms with Gasteiger partial charge in [0.2, 0.25) is 0 Å². The van der Waals surface area contributed by atoms with E-state index in [2.05, 4.69) is 31.8 Å². The van der Waals surface area contributed by atoms with Gasteiger partial charge in [0.15, 0.2) is 11.5 Å². The Morgan fingerprint density at radius 2 is 1.84 bits per heavy atom. The van der Waals surface area contributed by atoms with E-state index in [4.69, 9.17) is 9.47 Å². The smallest absolute Gasteiger partial charge is 0.259 e. The van der Waals surface area contributed by atoms with Gasteiger partial charge in [-0.3, -0.25) is 4.79 Å². The quantitative estimate of drug-likeness (QED) is 0.336. The minimum atomic E-state index is -0.245. The third-order valence-corrected chi connectivity index (χ3v) is 4.97. The Morgan fingerprint density at radius 1 is 1.10 bits per heavy atom. The molecule has 0 heterocycles. The number of amides is 1. The van der Waals surface area contributed by atoms with Gasteiger partial charge in [-0.05, 0) is 58.2 Å². The molecule has 0 atom stereocenters. The highest BCUT2D eigenvalue weighted by atomic mass is 79.9. The Bertz CT molecular complexity index is 1040. The third kappa shape index (κ3) is 6.86. The molecule has 160 valence electrons. The van der Waals surface area contributed by atoms with Crippen molar-refractivity contribution in [1.29, 1.82) is 0 Å². The van der Waals surface area contributed by atoms with Crippen LogP contribution < -0.4 is 20.2 Å². The Morgan fingerprint density at radius 3 is 2.55 bits per heavy atom. The maximum Gasteiger partial charge on any atom is 0.259 e. The average Bonchev–Trinajstić information content (AvgIpc) is 2.78. The number of hydrogen-bond donors (Lipinski definition) is 2. The van der Waals surface area contributed by atoms with E-state index in [-0.39, 0.29) is 12.5 Å². The summed E-state index contributed by atoms with van der Waals surface area (Å²) >= 11 is 3.52. The van der Waals surface area contributed by atoms with E-state index >= 15 is 0 Å². The molecule has 0 fully saturated rings. The van der Waals surface area contributed by atoms with Crippen LogP contribution in [-0.4, -0.2) is 25.8 Å². The number of aryl methyl sites for hydroxylation is 1. The number of benzene rings is 3. The molecule has 0 aliphatic rings. The molecule has 3 rings (SSSR count). The summed E-state index contributed by atoms with van der Waals surface area (Å²) in [6, 6.07) is 21.4. The molecule has 7 heteroatoms. The minimum Gasteiger partial charge on any atom is -0.493 e. The van der Waals surface area contributed by atoms with Crippen molar-refractivity contribution in [3.8, 4) is 11.5 Å². The summed E-state index contributed by atoms with van der Waals surface area (Å²) in [5.41, 5.74) is 6.37. The number of nitrogens with zero attached hydrogens (tertiary/aromatic N) is 1. The Kier molecular flexibility index (Phi) is 8.06. The summed E-state index contributed by atoms with van der Waals surface area (Å²) < 4.78 is 12.1. The van der Waals surface area contributed by atoms with E-state index in [9.17, 15) is 4.79 Å². The first-order valence-corrected chi connectivity index (χ1v) is 10.5. The molecule has 0 aliphatic carbocycles. The molecule has 6 nitrogen and oxygen atoms in total. The Hall–Kier alpha value is -3.32. The first-order valence-electron chi connectivity index (χ1n) is 9.72. The van der Waals surface area contributed by atoms with Crippen molar-refractivity contribution >= 4 is 33.7 Å². The highest BCUT2D eigenvalue weighted by Crippen LogP contribution is 2.36. The van der Waals surface area contributed by atoms with Crippen LogP contribution in [0.25, 0.3) is 0 Å². The largest absolute Gasteiger partial charge is 0.493 e. The SMILES string of the molecule is COc1cc(/C=N\NC(=O)CNc2ccc(C)cc2)cc(Br)c1OCc1ccccc1. The molecule has 2 N–H and O–H groups in total. The summed E-state index contributed by atoms with van der Waals surface area (Å²) in [5, 5.41) is 7.08. The van der Waals surface area contributed by atoms with Crippen LogP contribution in [0.5, 0.6) is 11.5 Å². The molecule has 0 radical (unpaired) electrons. The molecule has 0 aromatic heterocycles. The monoisotopic (exact) mass is 481 g/mol. The van der Waals surface area contributed by atoms with Crippen LogP contribution in [0.2, 0.25) is 0 Å². The topological polar surface area (TPSA) is 72.0 Å². The van der Waals surface area contributed by atoms with Gasteiger partial charge < -0.3 is 14.8 Å². The summed E-state index contributed by atoms with van der Waals surface area (Å²) in [4.78, 5) is 12.0. The van der Waals surface area contributed by atoms with Gasteiger partial charge in [-0.1, -0.05) is 48.0 Å². The number of methoxy groups -OCH3 is 1. The molecule has 0 bridgehead atoms. The molecule has 0 aliphatic heterocycles. The highest BCUT2D eigenvalue weighted by Gasteiger charge is 2.11. The van der Waals surface area contributed by atoms with Gasteiger partial charge >= 0.3 is 0 Å². The zero-order valence-corrected chi connectivity index (χ0v) is 19.0. The van der Waals surface area contributed by atoms with Crippen molar-refractivity contribution in [2.75, 3.05) is 19.0 Å². The van der Waals surface area contributed by atoms with Gasteiger partial charge in [0.1, 0.15) is 6.61 Å². The van der Waals surface area contributed by atoms with E-state index in [1.54, 1.807) is 19.4 Å². The van der Waals surface area contributed by atoms with Gasteiger partial charge in [0.05, 0.1) is 24.3 Å². The summed E-state index contributed by atoms with van der Waals surface area (Å²) in [5.74, 6) is 0.930. The van der Waals surface area contributed by atoms with Crippen molar-refractivity contribution in [3.05, 3.63) is 87.9 Å². The molecule has 3 aromatic carbocycles. The van der Waals surface area contributed by atoms with E-state index in [1.807, 2.05) is 67.6 Å². The number of halogens is 1. The number of carbonyl (C=O) groups excluding carboxylic acids is 1. The van der Waals surface area contributed by atoms with Crippen molar-refractivity contribution in [2.24, 2.45) is 5.10 Å². The lowest BCUT2D eigenvalue weighted by Gasteiger charge is -2.13. The normalized spacial score (nSPS) is 10.7. The van der Waals surface area contributed by atoms with Gasteiger partial charge in [-0.15, -0.1) is 0 Å². The number of hydrazone groups is 1. The fourth-order valence-corrected chi connectivity index (χ4v) is 3.33. The lowest BCUT2D eigenvalue weighted by atomic mass is 10.2. The zero-order chi connectivity index (χ0) is 22.1. The number of carbonyl (C=O) groups is 1. The number of ether oxygens (including phenoxy) is 2. The first kappa shape index (κ1) is 22.4. The second kappa shape index (κ2) is 11.2. The molecule has 0 spiro atoms. The van der Waals surface area contributed by atoms with Gasteiger partial charge in [-0.2, -0.15) is 5.10 Å². The Labute approximate surface area is 190 Å². The summed E-state index contributed by atoms with van der Waals surface area (Å²) in [6.45, 7) is 2.56. The third-order valence-electron chi connectivity index (χ3n) is 4.39. The predicted octanol–water partition coefficient (Wildman–Crippen LogP) is 4.91. The molecule has 0 unspecified atom stereocenters. The number of rotatable bonds is 9. The maximum atomic E-state index is 12.0. The van der Waals surface area contributed by atoms with Crippen LogP contribution in [0.4, 0.5) is 5.69 Å². The Balaban J connectivity index is 1.56. The standard InChI is InChI=1S/C24H24BrN3O3/c1-17-8-10-20(11-9-17)26-15-23(29)28-27-14-19-12-21(25)24(22(13-19)30-2)31-16-18-6-4-3-5-7-18/h3-14,26H,15-16H2,1-2H3,(H,28,29)/b27-14-. The fourth-order valence-electron chi connectivity index (χ4n) is 2.76. The molecular formula is C24H24BrN3O3. The highest BCUT2D eigenvalue weighted by molar-refractivity contribution is 9.10. The van der Waals surface area contributed by atoms with Gasteiger partial charge in [-0.25, -0.2) is 5.43 Å². The number of nitrogens with one attached hydrogen (secondary N) is 2. The lowest BCUT2D eigenvalue weighted by Crippen LogP contribution is -2.25. The van der Waals surface area contributed by atoms with E-state index < -0.39 is 0 Å². The average molecular weight is 482 g/mol. The van der Waals surface area contributed by atoms with Crippen molar-refractivity contribution in [1.82, 2.24) is 5.43 Å². The molecule has 0 saturated carbocycles. The van der Waals surface area contributed by atoms with Crippen LogP contribution in [-0.2, 0) is 11.4 Å². The second-order valence-corrected chi connectivity index (χ2v) is 7.68. The van der Waals surface area contributed by atoms with Crippen LogP contribution >= 0.6 is 15.9 Å². The van der Waals surface area contributed by atoms with Crippen molar-refractivity contribution < 1.29 is 14.3 Å². The summed E-state index contributed by atoms with van der Waals surface area (Å²) in [7, 11) is 1.58. The predicted molar refractivity (Wildman–Crippen MR) is 127 cm³/mol. The van der Waals surface area contributed by atoms with Crippen molar-refractivity contribution in [2.45, 2.75) is 13.5 Å². The van der Waals surface area contributed by atoms with Crippen LogP contribution in [0, 0.1) is 6.92 Å². The zero-order valence-electron chi connectivity index (χ0n) is 17.4. The maximum absolute atomic E-state index is 12.0. The summed E-state index contributed by atoms with van der Waals surface area (Å²) in [6.07, 6.45) is 1.55. The van der Waals surface area contributed by atoms with E-state index in [0.29, 0.717) is 18.1 Å². The lowest BCUT2D eigenvalue weighted by molar-refractivity contribution is -0.119. The van der Waals surface area contributed by atoms with Crippen LogP contribution in [0.1, 0.15) is 16.7 Å². The first-order chi connectivity index (χ1) is 15.0. The molecule has 1 amide bonds. The molecular weight excluding hydrogens is 458 g/mol. The van der Waals surface area contributed by atoms with Gasteiger partial charge in [0.25, 0.3) is 5.91 Å². The second-order valence-electron chi connectivity index (χ2n) is 6.82. The van der Waals surface area contributed by atoms with Crippen molar-refractivity contribution in [3.63, 3.8) is 0 Å². The molecule has 31 heavy (non-hydrogen) atoms. The minimum absolute atomic E-state index is 0.125. The molecule has 3 aromatic rings. The van der Waals surface area contributed by atoms with Crippen LogP contribution in [0.3, 0.4) is 0 Å². The molecule has 0 saturated heterocycles. The van der Waals surface area contributed by atoms with Gasteiger partial charge in [0, 0.05) is 5.69 Å². The number of anilines is 1. The van der Waals surface area contributed by atoms with Crippen LogP contribution in [0.15, 0.2) is 76.3 Å².